The van der Waals surface area contributed by atoms with Gasteiger partial charge >= 0.3 is 5.97 Å². The number of carbonyl (C=O) groups excluding carboxylic acids is 1. The summed E-state index contributed by atoms with van der Waals surface area (Å²) in [7, 11) is -3.75. The molecule has 0 aromatic heterocycles. The molecule has 37 heavy (non-hydrogen) atoms. The van der Waals surface area contributed by atoms with Crippen LogP contribution >= 0.6 is 0 Å². The van der Waals surface area contributed by atoms with Gasteiger partial charge in [-0.25, -0.2) is 13.6 Å². The average molecular weight is 529 g/mol. The van der Waals surface area contributed by atoms with Gasteiger partial charge in [-0.15, -0.1) is 0 Å². The summed E-state index contributed by atoms with van der Waals surface area (Å²) in [4.78, 5) is 11.1. The van der Waals surface area contributed by atoms with Crippen LogP contribution in [-0.4, -0.2) is 37.7 Å². The molecule has 0 aliphatic carbocycles. The lowest BCUT2D eigenvalue weighted by Gasteiger charge is -2.14. The Morgan fingerprint density at radius 2 is 1.65 bits per heavy atom. The Kier molecular flexibility index (Phi) is 10.2. The van der Waals surface area contributed by atoms with Gasteiger partial charge in [-0.3, -0.25) is 4.79 Å². The molecule has 10 heteroatoms. The standard InChI is InChI=1S/C27H32N2O7S/c1-19(30)36-18-24-14-23(8-9-26(24)31)27(32)15-29-11-10-20-4-2-5-21(12-20)16-35-17-22-6-3-7-25(13-22)37(28,33)34/h2-9,12-14,27,29,31-32H,10-11,15-18H2,1H3,(H2,28,33,34)/t27-/m0/s1. The van der Waals surface area contributed by atoms with Crippen LogP contribution in [0.1, 0.15) is 40.8 Å². The fraction of sp³-hybridized carbons (Fsp3) is 0.296. The summed E-state index contributed by atoms with van der Waals surface area (Å²) in [5.74, 6) is -0.441. The number of ether oxygens (including phenoxy) is 2. The summed E-state index contributed by atoms with van der Waals surface area (Å²) < 4.78 is 33.7. The van der Waals surface area contributed by atoms with E-state index in [1.807, 2.05) is 24.3 Å². The highest BCUT2D eigenvalue weighted by Crippen LogP contribution is 2.23. The summed E-state index contributed by atoms with van der Waals surface area (Å²) >= 11 is 0. The first-order chi connectivity index (χ1) is 17.6. The van der Waals surface area contributed by atoms with Crippen molar-refractivity contribution in [3.63, 3.8) is 0 Å². The molecule has 5 N–H and O–H groups in total. The Labute approximate surface area is 216 Å². The number of hydrogen-bond acceptors (Lipinski definition) is 8. The third-order valence-electron chi connectivity index (χ3n) is 5.60. The first-order valence-electron chi connectivity index (χ1n) is 11.7. The predicted octanol–water partition coefficient (Wildman–Crippen LogP) is 2.69. The van der Waals surface area contributed by atoms with Crippen LogP contribution in [0.15, 0.2) is 71.6 Å². The van der Waals surface area contributed by atoms with E-state index in [2.05, 4.69) is 5.32 Å². The van der Waals surface area contributed by atoms with E-state index in [1.165, 1.54) is 25.1 Å². The molecule has 198 valence electrons. The molecule has 0 aliphatic heterocycles. The molecule has 0 fully saturated rings. The van der Waals surface area contributed by atoms with Gasteiger partial charge < -0.3 is 25.0 Å². The Morgan fingerprint density at radius 3 is 2.35 bits per heavy atom. The van der Waals surface area contributed by atoms with Crippen molar-refractivity contribution in [2.45, 2.75) is 44.2 Å². The molecule has 0 saturated heterocycles. The molecule has 0 amide bonds. The van der Waals surface area contributed by atoms with E-state index in [9.17, 15) is 23.4 Å². The Bertz CT molecular complexity index is 1310. The minimum Gasteiger partial charge on any atom is -0.508 e. The molecule has 0 unspecified atom stereocenters. The van der Waals surface area contributed by atoms with E-state index in [4.69, 9.17) is 14.6 Å². The van der Waals surface area contributed by atoms with Crippen LogP contribution in [0.25, 0.3) is 0 Å². The van der Waals surface area contributed by atoms with Gasteiger partial charge in [-0.1, -0.05) is 42.5 Å². The SMILES string of the molecule is CC(=O)OCc1cc([C@@H](O)CNCCc2cccc(COCc3cccc(S(N)(=O)=O)c3)c2)ccc1O. The van der Waals surface area contributed by atoms with Gasteiger partial charge in [-0.05, 0) is 59.5 Å². The number of phenols is 1. The fourth-order valence-electron chi connectivity index (χ4n) is 3.67. The molecule has 0 radical (unpaired) electrons. The number of hydrogen-bond donors (Lipinski definition) is 4. The number of rotatable bonds is 13. The van der Waals surface area contributed by atoms with Gasteiger partial charge in [0.1, 0.15) is 12.4 Å². The lowest BCUT2D eigenvalue weighted by Crippen LogP contribution is -2.23. The first-order valence-corrected chi connectivity index (χ1v) is 13.3. The van der Waals surface area contributed by atoms with E-state index in [-0.39, 0.29) is 23.9 Å². The van der Waals surface area contributed by atoms with E-state index in [0.29, 0.717) is 30.8 Å². The smallest absolute Gasteiger partial charge is 0.302 e. The maximum Gasteiger partial charge on any atom is 0.302 e. The molecule has 1 atom stereocenters. The van der Waals surface area contributed by atoms with Crippen LogP contribution < -0.4 is 10.5 Å². The molecule has 0 bridgehead atoms. The van der Waals surface area contributed by atoms with Crippen molar-refractivity contribution in [2.75, 3.05) is 13.1 Å². The second-order valence-corrected chi connectivity index (χ2v) is 10.2. The van der Waals surface area contributed by atoms with Gasteiger partial charge in [0.2, 0.25) is 10.0 Å². The van der Waals surface area contributed by atoms with E-state index >= 15 is 0 Å². The quantitative estimate of drug-likeness (QED) is 0.196. The summed E-state index contributed by atoms with van der Waals surface area (Å²) in [6, 6.07) is 19.1. The molecular weight excluding hydrogens is 496 g/mol. The highest BCUT2D eigenvalue weighted by atomic mass is 32.2. The van der Waals surface area contributed by atoms with E-state index in [0.717, 1.165) is 23.1 Å². The maximum absolute atomic E-state index is 11.5. The maximum atomic E-state index is 11.5. The highest BCUT2D eigenvalue weighted by molar-refractivity contribution is 7.89. The number of esters is 1. The normalized spacial score (nSPS) is 12.3. The van der Waals surface area contributed by atoms with Crippen molar-refractivity contribution in [2.24, 2.45) is 5.14 Å². The molecule has 0 spiro atoms. The topological polar surface area (TPSA) is 148 Å². The average Bonchev–Trinajstić information content (AvgIpc) is 2.86. The molecule has 9 nitrogen and oxygen atoms in total. The van der Waals surface area contributed by atoms with Gasteiger partial charge in [-0.2, -0.15) is 0 Å². The lowest BCUT2D eigenvalue weighted by atomic mass is 10.0. The summed E-state index contributed by atoms with van der Waals surface area (Å²) in [6.07, 6.45) is -0.0475. The predicted molar refractivity (Wildman–Crippen MR) is 138 cm³/mol. The Balaban J connectivity index is 1.44. The molecule has 3 aromatic carbocycles. The summed E-state index contributed by atoms with van der Waals surface area (Å²) in [5, 5.41) is 28.8. The number of aromatic hydroxyl groups is 1. The summed E-state index contributed by atoms with van der Waals surface area (Å²) in [5.41, 5.74) is 3.86. The second-order valence-electron chi connectivity index (χ2n) is 8.64. The van der Waals surface area contributed by atoms with E-state index in [1.54, 1.807) is 24.3 Å². The fourth-order valence-corrected chi connectivity index (χ4v) is 4.25. The Hall–Kier alpha value is -3.28. The van der Waals surface area contributed by atoms with E-state index < -0.39 is 22.1 Å². The number of aliphatic hydroxyl groups excluding tert-OH is 1. The van der Waals surface area contributed by atoms with Crippen LogP contribution in [0, 0.1) is 0 Å². The van der Waals surface area contributed by atoms with Gasteiger partial charge in [0.15, 0.2) is 0 Å². The van der Waals surface area contributed by atoms with Crippen LogP contribution in [0.5, 0.6) is 5.75 Å². The van der Waals surface area contributed by atoms with Gasteiger partial charge in [0.25, 0.3) is 0 Å². The number of primary sulfonamides is 1. The van der Waals surface area contributed by atoms with Crippen LogP contribution in [0.4, 0.5) is 0 Å². The highest BCUT2D eigenvalue weighted by Gasteiger charge is 2.12. The van der Waals surface area contributed by atoms with Crippen LogP contribution in [-0.2, 0) is 50.5 Å². The van der Waals surface area contributed by atoms with Gasteiger partial charge in [0, 0.05) is 19.0 Å². The zero-order valence-electron chi connectivity index (χ0n) is 20.6. The number of nitrogens with two attached hydrogens (primary N) is 1. The number of carbonyl (C=O) groups is 1. The number of sulfonamides is 1. The second kappa shape index (κ2) is 13.3. The molecule has 3 rings (SSSR count). The monoisotopic (exact) mass is 528 g/mol. The van der Waals surface area contributed by atoms with Crippen molar-refractivity contribution in [1.82, 2.24) is 5.32 Å². The van der Waals surface area contributed by atoms with Gasteiger partial charge in [0.05, 0.1) is 24.2 Å². The first kappa shape index (κ1) is 28.3. The minimum absolute atomic E-state index is 0.00560. The third-order valence-corrected chi connectivity index (χ3v) is 6.51. The number of nitrogens with one attached hydrogen (secondary N) is 1. The van der Waals surface area contributed by atoms with Crippen LogP contribution in [0.3, 0.4) is 0 Å². The zero-order chi connectivity index (χ0) is 26.8. The number of aliphatic hydroxyl groups is 1. The van der Waals surface area contributed by atoms with Crippen molar-refractivity contribution < 1.29 is 32.9 Å². The molecule has 3 aromatic rings. The zero-order valence-corrected chi connectivity index (χ0v) is 21.4. The Morgan fingerprint density at radius 1 is 0.973 bits per heavy atom. The van der Waals surface area contributed by atoms with Crippen LogP contribution in [0.2, 0.25) is 0 Å². The van der Waals surface area contributed by atoms with Crippen molar-refractivity contribution in [1.29, 1.82) is 0 Å². The van der Waals surface area contributed by atoms with Crippen molar-refractivity contribution in [3.05, 3.63) is 94.5 Å². The number of phenolic OH excluding ortho intramolecular Hbond substituents is 1. The largest absolute Gasteiger partial charge is 0.508 e. The molecule has 0 saturated carbocycles. The minimum atomic E-state index is -3.75. The molecule has 0 aliphatic rings. The van der Waals surface area contributed by atoms with Crippen molar-refractivity contribution >= 4 is 16.0 Å². The number of benzene rings is 3. The summed E-state index contributed by atoms with van der Waals surface area (Å²) in [6.45, 7) is 2.82. The lowest BCUT2D eigenvalue weighted by molar-refractivity contribution is -0.142. The molecular formula is C27H32N2O7S. The van der Waals surface area contributed by atoms with Crippen molar-refractivity contribution in [3.8, 4) is 5.75 Å². The molecule has 0 heterocycles. The third kappa shape index (κ3) is 9.27.